The molecule has 118 valence electrons. The molecule has 3 unspecified atom stereocenters. The van der Waals surface area contributed by atoms with Crippen LogP contribution in [0.3, 0.4) is 0 Å². The maximum Gasteiger partial charge on any atom is 0.0100 e. The Kier molecular flexibility index (Phi) is 6.87. The maximum absolute atomic E-state index is 4.02. The van der Waals surface area contributed by atoms with Crippen LogP contribution < -0.4 is 5.32 Å². The van der Waals surface area contributed by atoms with Gasteiger partial charge in [0, 0.05) is 12.1 Å². The van der Waals surface area contributed by atoms with Crippen molar-refractivity contribution >= 4 is 0 Å². The topological polar surface area (TPSA) is 12.0 Å². The van der Waals surface area contributed by atoms with Gasteiger partial charge in [0.2, 0.25) is 0 Å². The molecule has 0 spiro atoms. The predicted molar refractivity (Wildman–Crippen MR) is 89.0 cm³/mol. The summed E-state index contributed by atoms with van der Waals surface area (Å²) in [6.45, 7) is 7.10. The van der Waals surface area contributed by atoms with Crippen LogP contribution in [0.1, 0.15) is 91.4 Å². The smallest absolute Gasteiger partial charge is 0.0100 e. The van der Waals surface area contributed by atoms with E-state index in [0.29, 0.717) is 6.04 Å². The molecular formula is C19H37N. The second-order valence-corrected chi connectivity index (χ2v) is 7.99. The van der Waals surface area contributed by atoms with Gasteiger partial charge in [0.1, 0.15) is 0 Å². The average molecular weight is 280 g/mol. The highest BCUT2D eigenvalue weighted by Gasteiger charge is 2.32. The van der Waals surface area contributed by atoms with E-state index in [1.165, 1.54) is 70.6 Å². The first-order valence-corrected chi connectivity index (χ1v) is 9.43. The van der Waals surface area contributed by atoms with E-state index in [9.17, 15) is 0 Å². The van der Waals surface area contributed by atoms with Crippen molar-refractivity contribution in [3.05, 3.63) is 0 Å². The third-order valence-corrected chi connectivity index (χ3v) is 5.75. The van der Waals surface area contributed by atoms with Crippen LogP contribution in [-0.4, -0.2) is 12.1 Å². The van der Waals surface area contributed by atoms with Gasteiger partial charge in [-0.05, 0) is 50.4 Å². The Hall–Kier alpha value is -0.0400. The second-order valence-electron chi connectivity index (χ2n) is 7.99. The summed E-state index contributed by atoms with van der Waals surface area (Å²) in [4.78, 5) is 0. The lowest BCUT2D eigenvalue weighted by atomic mass is 9.71. The number of rotatable bonds is 6. The molecule has 20 heavy (non-hydrogen) atoms. The first-order valence-electron chi connectivity index (χ1n) is 9.43. The molecule has 1 heteroatoms. The molecule has 3 atom stereocenters. The zero-order valence-corrected chi connectivity index (χ0v) is 14.2. The van der Waals surface area contributed by atoms with Crippen LogP contribution >= 0.6 is 0 Å². The molecule has 1 N–H and O–H groups in total. The fourth-order valence-corrected chi connectivity index (χ4v) is 4.53. The van der Waals surface area contributed by atoms with Crippen molar-refractivity contribution < 1.29 is 0 Å². The van der Waals surface area contributed by atoms with Crippen LogP contribution in [0.15, 0.2) is 0 Å². The van der Waals surface area contributed by atoms with Crippen molar-refractivity contribution in [1.82, 2.24) is 5.32 Å². The SMILES string of the molecule is CC(C)CCC(C)NC1CCCCC1C1CCCCC1. The molecule has 2 rings (SSSR count). The van der Waals surface area contributed by atoms with Gasteiger partial charge >= 0.3 is 0 Å². The minimum absolute atomic E-state index is 0.714. The van der Waals surface area contributed by atoms with Crippen LogP contribution in [0.2, 0.25) is 0 Å². The normalized spacial score (nSPS) is 30.6. The zero-order chi connectivity index (χ0) is 14.4. The third-order valence-electron chi connectivity index (χ3n) is 5.75. The third kappa shape index (κ3) is 5.06. The van der Waals surface area contributed by atoms with Gasteiger partial charge in [-0.2, -0.15) is 0 Å². The summed E-state index contributed by atoms with van der Waals surface area (Å²) < 4.78 is 0. The van der Waals surface area contributed by atoms with Gasteiger partial charge in [0.15, 0.2) is 0 Å². The molecule has 2 fully saturated rings. The van der Waals surface area contributed by atoms with Crippen molar-refractivity contribution in [2.45, 2.75) is 103 Å². The summed E-state index contributed by atoms with van der Waals surface area (Å²) in [5.41, 5.74) is 0. The van der Waals surface area contributed by atoms with Gasteiger partial charge in [-0.1, -0.05) is 58.8 Å². The molecule has 2 aliphatic carbocycles. The molecule has 0 radical (unpaired) electrons. The second kappa shape index (κ2) is 8.41. The molecule has 0 aromatic rings. The lowest BCUT2D eigenvalue weighted by molar-refractivity contribution is 0.141. The highest BCUT2D eigenvalue weighted by molar-refractivity contribution is 4.88. The van der Waals surface area contributed by atoms with Crippen LogP contribution in [-0.2, 0) is 0 Å². The monoisotopic (exact) mass is 279 g/mol. The number of nitrogens with one attached hydrogen (secondary N) is 1. The largest absolute Gasteiger partial charge is 0.311 e. The van der Waals surface area contributed by atoms with E-state index in [2.05, 4.69) is 26.1 Å². The average Bonchev–Trinajstić information content (AvgIpc) is 2.47. The van der Waals surface area contributed by atoms with Gasteiger partial charge in [0.05, 0.1) is 0 Å². The lowest BCUT2D eigenvalue weighted by Crippen LogP contribution is -2.46. The highest BCUT2D eigenvalue weighted by Crippen LogP contribution is 2.38. The first-order chi connectivity index (χ1) is 9.66. The molecular weight excluding hydrogens is 242 g/mol. The van der Waals surface area contributed by atoms with Crippen molar-refractivity contribution in [3.8, 4) is 0 Å². The Morgan fingerprint density at radius 3 is 2.15 bits per heavy atom. The van der Waals surface area contributed by atoms with Gasteiger partial charge < -0.3 is 5.32 Å². The fourth-order valence-electron chi connectivity index (χ4n) is 4.53. The van der Waals surface area contributed by atoms with Gasteiger partial charge in [0.25, 0.3) is 0 Å². The summed E-state index contributed by atoms with van der Waals surface area (Å²) in [6.07, 6.45) is 16.1. The maximum atomic E-state index is 4.02. The van der Waals surface area contributed by atoms with Crippen molar-refractivity contribution in [2.24, 2.45) is 17.8 Å². The molecule has 0 aromatic heterocycles. The predicted octanol–water partition coefficient (Wildman–Crippen LogP) is 5.54. The highest BCUT2D eigenvalue weighted by atomic mass is 15.0. The van der Waals surface area contributed by atoms with E-state index in [0.717, 1.165) is 23.8 Å². The standard InChI is InChI=1S/C19H37N/c1-15(2)13-14-16(3)20-19-12-8-7-11-18(19)17-9-5-4-6-10-17/h15-20H,4-14H2,1-3H3. The molecule has 0 amide bonds. The van der Waals surface area contributed by atoms with E-state index in [1.54, 1.807) is 0 Å². The van der Waals surface area contributed by atoms with E-state index in [4.69, 9.17) is 0 Å². The molecule has 0 heterocycles. The van der Waals surface area contributed by atoms with Crippen molar-refractivity contribution in [2.75, 3.05) is 0 Å². The molecule has 1 nitrogen and oxygen atoms in total. The Morgan fingerprint density at radius 1 is 0.800 bits per heavy atom. The minimum atomic E-state index is 0.714. The molecule has 0 aliphatic heterocycles. The zero-order valence-electron chi connectivity index (χ0n) is 14.2. The van der Waals surface area contributed by atoms with Crippen molar-refractivity contribution in [1.29, 1.82) is 0 Å². The molecule has 0 saturated heterocycles. The summed E-state index contributed by atoms with van der Waals surface area (Å²) in [6, 6.07) is 1.54. The Morgan fingerprint density at radius 2 is 1.45 bits per heavy atom. The summed E-state index contributed by atoms with van der Waals surface area (Å²) in [7, 11) is 0. The Bertz CT molecular complexity index is 254. The van der Waals surface area contributed by atoms with E-state index < -0.39 is 0 Å². The quantitative estimate of drug-likeness (QED) is 0.673. The Labute approximate surface area is 127 Å². The molecule has 0 bridgehead atoms. The van der Waals surface area contributed by atoms with E-state index >= 15 is 0 Å². The molecule has 2 aliphatic rings. The lowest BCUT2D eigenvalue weighted by Gasteiger charge is -2.40. The van der Waals surface area contributed by atoms with E-state index in [-0.39, 0.29) is 0 Å². The molecule has 0 aromatic carbocycles. The van der Waals surface area contributed by atoms with Crippen LogP contribution in [0, 0.1) is 17.8 Å². The summed E-state index contributed by atoms with van der Waals surface area (Å²) in [5.74, 6) is 2.88. The van der Waals surface area contributed by atoms with E-state index in [1.807, 2.05) is 0 Å². The van der Waals surface area contributed by atoms with Crippen molar-refractivity contribution in [3.63, 3.8) is 0 Å². The number of hydrogen-bond acceptors (Lipinski definition) is 1. The minimum Gasteiger partial charge on any atom is -0.311 e. The Balaban J connectivity index is 1.82. The summed E-state index contributed by atoms with van der Waals surface area (Å²) >= 11 is 0. The van der Waals surface area contributed by atoms with Crippen LogP contribution in [0.25, 0.3) is 0 Å². The van der Waals surface area contributed by atoms with Crippen LogP contribution in [0.4, 0.5) is 0 Å². The van der Waals surface area contributed by atoms with Gasteiger partial charge in [-0.3, -0.25) is 0 Å². The fraction of sp³-hybridized carbons (Fsp3) is 1.00. The number of hydrogen-bond donors (Lipinski definition) is 1. The van der Waals surface area contributed by atoms with Crippen LogP contribution in [0.5, 0.6) is 0 Å². The summed E-state index contributed by atoms with van der Waals surface area (Å²) in [5, 5.41) is 4.02. The van der Waals surface area contributed by atoms with Gasteiger partial charge in [-0.15, -0.1) is 0 Å². The molecule has 2 saturated carbocycles. The van der Waals surface area contributed by atoms with Gasteiger partial charge in [-0.25, -0.2) is 0 Å². The first kappa shape index (κ1) is 16.3.